The minimum atomic E-state index is -4.70. The zero-order valence-electron chi connectivity index (χ0n) is 15.6. The Kier molecular flexibility index (Phi) is 7.11. The summed E-state index contributed by atoms with van der Waals surface area (Å²) in [6, 6.07) is 7.59. The van der Waals surface area contributed by atoms with Crippen LogP contribution in [-0.4, -0.2) is 33.4 Å². The van der Waals surface area contributed by atoms with Crippen molar-refractivity contribution in [2.75, 3.05) is 12.4 Å². The Bertz CT molecular complexity index is 1070. The Morgan fingerprint density at radius 3 is 2.37 bits per heavy atom. The Hall–Kier alpha value is -2.63. The number of benzene rings is 2. The molecule has 0 aliphatic rings. The van der Waals surface area contributed by atoms with Crippen molar-refractivity contribution in [3.8, 4) is 0 Å². The number of sulfonamides is 1. The highest BCUT2D eigenvalue weighted by Crippen LogP contribution is 2.34. The van der Waals surface area contributed by atoms with Gasteiger partial charge in [-0.05, 0) is 44.3 Å². The molecule has 162 valence electrons. The molecule has 0 fully saturated rings. The van der Waals surface area contributed by atoms with E-state index in [9.17, 15) is 31.2 Å². The van der Waals surface area contributed by atoms with Crippen molar-refractivity contribution in [2.24, 2.45) is 0 Å². The molecule has 0 bridgehead atoms. The van der Waals surface area contributed by atoms with Crippen LogP contribution in [0.25, 0.3) is 0 Å². The zero-order valence-corrected chi connectivity index (χ0v) is 17.2. The van der Waals surface area contributed by atoms with Crippen LogP contribution in [0.4, 0.5) is 18.9 Å². The quantitative estimate of drug-likeness (QED) is 0.638. The molecule has 0 heterocycles. The number of hydrogen-bond donors (Lipinski definition) is 2. The largest absolute Gasteiger partial charge is 0.449 e. The summed E-state index contributed by atoms with van der Waals surface area (Å²) in [4.78, 5) is 24.3. The Labute approximate surface area is 175 Å². The number of amides is 1. The highest BCUT2D eigenvalue weighted by Gasteiger charge is 2.34. The molecule has 1 atom stereocenters. The van der Waals surface area contributed by atoms with Gasteiger partial charge < -0.3 is 10.1 Å². The van der Waals surface area contributed by atoms with Crippen molar-refractivity contribution in [3.05, 3.63) is 58.6 Å². The van der Waals surface area contributed by atoms with E-state index in [-0.39, 0.29) is 15.5 Å². The van der Waals surface area contributed by atoms with Crippen molar-refractivity contribution in [2.45, 2.75) is 24.1 Å². The van der Waals surface area contributed by atoms with Gasteiger partial charge in [-0.1, -0.05) is 23.7 Å². The maximum absolute atomic E-state index is 13.0. The summed E-state index contributed by atoms with van der Waals surface area (Å²) in [5.41, 5.74) is -1.90. The van der Waals surface area contributed by atoms with Gasteiger partial charge in [0.2, 0.25) is 10.0 Å². The van der Waals surface area contributed by atoms with Gasteiger partial charge in [0.15, 0.2) is 6.10 Å². The van der Waals surface area contributed by atoms with Crippen molar-refractivity contribution in [1.82, 2.24) is 4.72 Å². The van der Waals surface area contributed by atoms with E-state index in [4.69, 9.17) is 16.3 Å². The molecule has 0 aromatic heterocycles. The smallest absolute Gasteiger partial charge is 0.418 e. The fourth-order valence-electron chi connectivity index (χ4n) is 2.30. The van der Waals surface area contributed by atoms with Crippen LogP contribution in [0, 0.1) is 0 Å². The molecule has 0 radical (unpaired) electrons. The van der Waals surface area contributed by atoms with Crippen molar-refractivity contribution in [1.29, 1.82) is 0 Å². The lowest BCUT2D eigenvalue weighted by molar-refractivity contribution is -0.137. The molecule has 2 N–H and O–H groups in total. The third-order valence-electron chi connectivity index (χ3n) is 3.88. The molecular weight excluding hydrogens is 449 g/mol. The number of carbonyl (C=O) groups is 2. The van der Waals surface area contributed by atoms with Crippen LogP contribution in [0.3, 0.4) is 0 Å². The zero-order chi connectivity index (χ0) is 22.7. The van der Waals surface area contributed by atoms with E-state index in [0.717, 1.165) is 43.3 Å². The second-order valence-corrected chi connectivity index (χ2v) is 8.22. The standard InChI is InChI=1S/C18H16ClF3N2O5S/c1-10(16(25)24-15-6-4-3-5-13(15)18(20,21)22)29-17(26)12-9-11(7-8-14(12)19)30(27,28)23-2/h3-10,23H,1-2H3,(H,24,25). The summed E-state index contributed by atoms with van der Waals surface area (Å²) >= 11 is 5.91. The van der Waals surface area contributed by atoms with Gasteiger partial charge in [0.1, 0.15) is 0 Å². The number of carbonyl (C=O) groups excluding carboxylic acids is 2. The summed E-state index contributed by atoms with van der Waals surface area (Å²) < 4.78 is 69.9. The molecule has 0 saturated carbocycles. The normalized spacial score (nSPS) is 12.9. The molecule has 7 nitrogen and oxygen atoms in total. The van der Waals surface area contributed by atoms with Gasteiger partial charge in [0.25, 0.3) is 5.91 Å². The summed E-state index contributed by atoms with van der Waals surface area (Å²) in [7, 11) is -2.70. The van der Waals surface area contributed by atoms with Crippen molar-refractivity contribution >= 4 is 39.2 Å². The van der Waals surface area contributed by atoms with Crippen LogP contribution < -0.4 is 10.0 Å². The number of nitrogens with one attached hydrogen (secondary N) is 2. The van der Waals surface area contributed by atoms with Crippen LogP contribution in [0.2, 0.25) is 5.02 Å². The van der Waals surface area contributed by atoms with Gasteiger partial charge >= 0.3 is 12.1 Å². The van der Waals surface area contributed by atoms with Crippen molar-refractivity contribution < 1.29 is 35.9 Å². The second kappa shape index (κ2) is 9.02. The van der Waals surface area contributed by atoms with E-state index in [1.807, 2.05) is 0 Å². The summed E-state index contributed by atoms with van der Waals surface area (Å²) in [6.45, 7) is 1.14. The van der Waals surface area contributed by atoms with Gasteiger partial charge in [0, 0.05) is 0 Å². The monoisotopic (exact) mass is 464 g/mol. The van der Waals surface area contributed by atoms with Crippen LogP contribution >= 0.6 is 11.6 Å². The van der Waals surface area contributed by atoms with Crippen LogP contribution in [0.15, 0.2) is 47.4 Å². The number of rotatable bonds is 6. The fourth-order valence-corrected chi connectivity index (χ4v) is 3.25. The lowest BCUT2D eigenvalue weighted by atomic mass is 10.1. The Morgan fingerprint density at radius 2 is 1.77 bits per heavy atom. The molecule has 2 aromatic carbocycles. The van der Waals surface area contributed by atoms with Gasteiger partial charge in [-0.15, -0.1) is 0 Å². The molecule has 12 heteroatoms. The molecule has 1 unspecified atom stereocenters. The minimum absolute atomic E-state index is 0.134. The molecule has 2 rings (SSSR count). The van der Waals surface area contributed by atoms with E-state index in [1.54, 1.807) is 0 Å². The van der Waals surface area contributed by atoms with E-state index in [1.165, 1.54) is 13.1 Å². The van der Waals surface area contributed by atoms with Crippen LogP contribution in [-0.2, 0) is 25.7 Å². The fraction of sp³-hybridized carbons (Fsp3) is 0.222. The van der Waals surface area contributed by atoms with Gasteiger partial charge in [-0.2, -0.15) is 13.2 Å². The summed E-state index contributed by atoms with van der Waals surface area (Å²) in [5.74, 6) is -2.14. The van der Waals surface area contributed by atoms with E-state index < -0.39 is 45.4 Å². The number of hydrogen-bond acceptors (Lipinski definition) is 5. The first-order valence-corrected chi connectivity index (χ1v) is 10.1. The SMILES string of the molecule is CNS(=O)(=O)c1ccc(Cl)c(C(=O)OC(C)C(=O)Nc2ccccc2C(F)(F)F)c1. The lowest BCUT2D eigenvalue weighted by Crippen LogP contribution is -2.31. The number of anilines is 1. The second-order valence-electron chi connectivity index (χ2n) is 5.93. The first-order valence-electron chi connectivity index (χ1n) is 8.28. The summed E-state index contributed by atoms with van der Waals surface area (Å²) in [5, 5.41) is 1.92. The Morgan fingerprint density at radius 1 is 1.13 bits per heavy atom. The molecular formula is C18H16ClF3N2O5S. The topological polar surface area (TPSA) is 102 Å². The molecule has 0 aliphatic heterocycles. The van der Waals surface area contributed by atoms with E-state index in [2.05, 4.69) is 10.0 Å². The maximum atomic E-state index is 13.0. The highest BCUT2D eigenvalue weighted by atomic mass is 35.5. The van der Waals surface area contributed by atoms with Crippen LogP contribution in [0.1, 0.15) is 22.8 Å². The molecule has 0 saturated heterocycles. The molecule has 0 aliphatic carbocycles. The number of para-hydroxylation sites is 1. The number of halogens is 4. The van der Waals surface area contributed by atoms with Gasteiger partial charge in [0.05, 0.1) is 26.7 Å². The third-order valence-corrected chi connectivity index (χ3v) is 5.62. The average Bonchev–Trinajstić information content (AvgIpc) is 2.67. The minimum Gasteiger partial charge on any atom is -0.449 e. The molecule has 1 amide bonds. The molecule has 30 heavy (non-hydrogen) atoms. The average molecular weight is 465 g/mol. The van der Waals surface area contributed by atoms with Gasteiger partial charge in [-0.3, -0.25) is 4.79 Å². The molecule has 0 spiro atoms. The number of ether oxygens (including phenoxy) is 1. The first kappa shape index (κ1) is 23.6. The van der Waals surface area contributed by atoms with Crippen LogP contribution in [0.5, 0.6) is 0 Å². The van der Waals surface area contributed by atoms with Gasteiger partial charge in [-0.25, -0.2) is 17.9 Å². The predicted octanol–water partition coefficient (Wildman–Crippen LogP) is 3.45. The van der Waals surface area contributed by atoms with Crippen molar-refractivity contribution in [3.63, 3.8) is 0 Å². The maximum Gasteiger partial charge on any atom is 0.418 e. The lowest BCUT2D eigenvalue weighted by Gasteiger charge is -2.17. The number of alkyl halides is 3. The summed E-state index contributed by atoms with van der Waals surface area (Å²) in [6.07, 6.45) is -6.20. The third kappa shape index (κ3) is 5.49. The van der Waals surface area contributed by atoms with E-state index >= 15 is 0 Å². The number of esters is 1. The predicted molar refractivity (Wildman–Crippen MR) is 103 cm³/mol. The van der Waals surface area contributed by atoms with E-state index in [0.29, 0.717) is 0 Å². The first-order chi connectivity index (χ1) is 13.9. The highest BCUT2D eigenvalue weighted by molar-refractivity contribution is 7.89. The Balaban J connectivity index is 2.19. The molecule has 2 aromatic rings.